The molecular weight excluding hydrogens is 302 g/mol. The van der Waals surface area contributed by atoms with Crippen LogP contribution in [-0.2, 0) is 0 Å². The van der Waals surface area contributed by atoms with Crippen LogP contribution in [0.15, 0.2) is 42.5 Å². The molecule has 8 nitrogen and oxygen atoms in total. The molecule has 0 fully saturated rings. The van der Waals surface area contributed by atoms with Gasteiger partial charge in [0, 0.05) is 6.07 Å². The van der Waals surface area contributed by atoms with Crippen LogP contribution < -0.4 is 5.06 Å². The van der Waals surface area contributed by atoms with Crippen LogP contribution in [-0.4, -0.2) is 15.1 Å². The SMILES string of the molecule is O=[N+]([O-])c1ccc(N(O)c2ccccc2)c(Cl)c1[N+](=O)[O-]. The van der Waals surface area contributed by atoms with Gasteiger partial charge in [-0.25, -0.2) is 5.06 Å². The van der Waals surface area contributed by atoms with Crippen LogP contribution in [0.25, 0.3) is 0 Å². The number of nitrogens with zero attached hydrogens (tertiary/aromatic N) is 3. The maximum absolute atomic E-state index is 11.0. The Labute approximate surface area is 123 Å². The van der Waals surface area contributed by atoms with Crippen LogP contribution in [0, 0.1) is 20.2 Å². The van der Waals surface area contributed by atoms with Crippen LogP contribution in [0.2, 0.25) is 5.02 Å². The van der Waals surface area contributed by atoms with E-state index in [4.69, 9.17) is 11.6 Å². The van der Waals surface area contributed by atoms with Crippen molar-refractivity contribution in [3.8, 4) is 0 Å². The molecular formula is C12H8ClN3O5. The highest BCUT2D eigenvalue weighted by atomic mass is 35.5. The number of rotatable bonds is 4. The third-order valence-electron chi connectivity index (χ3n) is 2.68. The Morgan fingerprint density at radius 3 is 2.14 bits per heavy atom. The lowest BCUT2D eigenvalue weighted by Gasteiger charge is -2.17. The summed E-state index contributed by atoms with van der Waals surface area (Å²) >= 11 is 5.85. The molecule has 0 spiro atoms. The fourth-order valence-corrected chi connectivity index (χ4v) is 2.05. The lowest BCUT2D eigenvalue weighted by atomic mass is 10.2. The summed E-state index contributed by atoms with van der Waals surface area (Å²) in [6.45, 7) is 0. The Kier molecular flexibility index (Phi) is 4.01. The second kappa shape index (κ2) is 5.73. The number of nitro benzene ring substituents is 2. The first-order valence-corrected chi connectivity index (χ1v) is 5.96. The van der Waals surface area contributed by atoms with E-state index < -0.39 is 26.2 Å². The number of halogens is 1. The molecule has 0 amide bonds. The Morgan fingerprint density at radius 2 is 1.62 bits per heavy atom. The minimum atomic E-state index is -0.956. The summed E-state index contributed by atoms with van der Waals surface area (Å²) in [7, 11) is 0. The van der Waals surface area contributed by atoms with E-state index in [1.54, 1.807) is 30.3 Å². The first-order chi connectivity index (χ1) is 9.93. The van der Waals surface area contributed by atoms with Crippen molar-refractivity contribution in [3.05, 3.63) is 67.7 Å². The third-order valence-corrected chi connectivity index (χ3v) is 3.06. The molecule has 0 aliphatic rings. The molecule has 2 aromatic carbocycles. The quantitative estimate of drug-likeness (QED) is 0.681. The molecule has 0 aliphatic heterocycles. The number of nitro groups is 2. The molecule has 0 heterocycles. The van der Waals surface area contributed by atoms with Gasteiger partial charge in [0.1, 0.15) is 0 Å². The van der Waals surface area contributed by atoms with Gasteiger partial charge in [-0.3, -0.25) is 25.4 Å². The number of benzene rings is 2. The van der Waals surface area contributed by atoms with Gasteiger partial charge in [-0.1, -0.05) is 29.8 Å². The summed E-state index contributed by atoms with van der Waals surface area (Å²) in [5.41, 5.74) is -1.42. The van der Waals surface area contributed by atoms with Gasteiger partial charge in [0.05, 0.1) is 21.2 Å². The van der Waals surface area contributed by atoms with Crippen LogP contribution >= 0.6 is 11.6 Å². The Balaban J connectivity index is 2.59. The molecule has 0 atom stereocenters. The zero-order chi connectivity index (χ0) is 15.6. The van der Waals surface area contributed by atoms with E-state index in [1.807, 2.05) is 0 Å². The van der Waals surface area contributed by atoms with Gasteiger partial charge in [0.25, 0.3) is 0 Å². The monoisotopic (exact) mass is 309 g/mol. The molecule has 0 saturated carbocycles. The minimum absolute atomic E-state index is 0.125. The molecule has 21 heavy (non-hydrogen) atoms. The van der Waals surface area contributed by atoms with Gasteiger partial charge in [0.15, 0.2) is 5.02 Å². The standard InChI is InChI=1S/C12H8ClN3O5/c13-11-9(14(17)8-4-2-1-3-5-8)6-7-10(15(18)19)12(11)16(20)21/h1-7,17H. The van der Waals surface area contributed by atoms with E-state index in [0.717, 1.165) is 12.1 Å². The fraction of sp³-hybridized carbons (Fsp3) is 0. The fourth-order valence-electron chi connectivity index (χ4n) is 1.74. The van der Waals surface area contributed by atoms with Crippen molar-refractivity contribution in [2.45, 2.75) is 0 Å². The number of hydrogen-bond acceptors (Lipinski definition) is 6. The van der Waals surface area contributed by atoms with Gasteiger partial charge in [-0.05, 0) is 18.2 Å². The van der Waals surface area contributed by atoms with Gasteiger partial charge in [0.2, 0.25) is 0 Å². The summed E-state index contributed by atoms with van der Waals surface area (Å²) in [6, 6.07) is 10.2. The van der Waals surface area contributed by atoms with Crippen molar-refractivity contribution in [2.75, 3.05) is 5.06 Å². The van der Waals surface area contributed by atoms with E-state index in [-0.39, 0.29) is 5.69 Å². The predicted octanol–water partition coefficient (Wildman–Crippen LogP) is 3.68. The third kappa shape index (κ3) is 2.76. The van der Waals surface area contributed by atoms with E-state index >= 15 is 0 Å². The molecule has 9 heteroatoms. The lowest BCUT2D eigenvalue weighted by molar-refractivity contribution is -0.422. The van der Waals surface area contributed by atoms with E-state index in [2.05, 4.69) is 0 Å². The maximum atomic E-state index is 11.0. The molecule has 0 unspecified atom stereocenters. The first-order valence-electron chi connectivity index (χ1n) is 5.59. The normalized spacial score (nSPS) is 10.2. The summed E-state index contributed by atoms with van der Waals surface area (Å²) in [4.78, 5) is 19.9. The number of para-hydroxylation sites is 1. The van der Waals surface area contributed by atoms with Crippen molar-refractivity contribution >= 4 is 34.4 Å². The Bertz CT molecular complexity index is 708. The number of anilines is 2. The van der Waals surface area contributed by atoms with Crippen molar-refractivity contribution in [1.82, 2.24) is 0 Å². The minimum Gasteiger partial charge on any atom is -0.283 e. The summed E-state index contributed by atoms with van der Waals surface area (Å²) in [5, 5.41) is 31.9. The van der Waals surface area contributed by atoms with Crippen molar-refractivity contribution in [2.24, 2.45) is 0 Å². The average molecular weight is 310 g/mol. The van der Waals surface area contributed by atoms with E-state index in [0.29, 0.717) is 10.8 Å². The van der Waals surface area contributed by atoms with Crippen molar-refractivity contribution < 1.29 is 15.1 Å². The molecule has 0 aromatic heterocycles. The molecule has 0 saturated heterocycles. The second-order valence-corrected chi connectivity index (χ2v) is 4.31. The smallest absolute Gasteiger partial charge is 0.283 e. The van der Waals surface area contributed by atoms with Gasteiger partial charge in [-0.2, -0.15) is 0 Å². The highest BCUT2D eigenvalue weighted by molar-refractivity contribution is 6.36. The van der Waals surface area contributed by atoms with Gasteiger partial charge >= 0.3 is 11.4 Å². The zero-order valence-corrected chi connectivity index (χ0v) is 11.1. The molecule has 0 radical (unpaired) electrons. The number of hydrogen-bond donors (Lipinski definition) is 1. The second-order valence-electron chi connectivity index (χ2n) is 3.93. The summed E-state index contributed by atoms with van der Waals surface area (Å²) in [6.07, 6.45) is 0. The van der Waals surface area contributed by atoms with Crippen LogP contribution in [0.5, 0.6) is 0 Å². The average Bonchev–Trinajstić information content (AvgIpc) is 2.46. The highest BCUT2D eigenvalue weighted by Crippen LogP contribution is 2.42. The summed E-state index contributed by atoms with van der Waals surface area (Å²) < 4.78 is 0. The molecule has 2 aromatic rings. The van der Waals surface area contributed by atoms with E-state index in [1.165, 1.54) is 0 Å². The topological polar surface area (TPSA) is 110 Å². The zero-order valence-electron chi connectivity index (χ0n) is 10.3. The molecule has 1 N–H and O–H groups in total. The molecule has 0 aliphatic carbocycles. The van der Waals surface area contributed by atoms with Crippen molar-refractivity contribution in [1.29, 1.82) is 0 Å². The van der Waals surface area contributed by atoms with Gasteiger partial charge in [-0.15, -0.1) is 0 Å². The molecule has 2 rings (SSSR count). The predicted molar refractivity (Wildman–Crippen MR) is 75.1 cm³/mol. The Morgan fingerprint density at radius 1 is 1.00 bits per heavy atom. The van der Waals surface area contributed by atoms with Crippen LogP contribution in [0.4, 0.5) is 22.7 Å². The lowest BCUT2D eigenvalue weighted by Crippen LogP contribution is -2.12. The van der Waals surface area contributed by atoms with Crippen molar-refractivity contribution in [3.63, 3.8) is 0 Å². The highest BCUT2D eigenvalue weighted by Gasteiger charge is 2.31. The van der Waals surface area contributed by atoms with Crippen LogP contribution in [0.3, 0.4) is 0 Å². The molecule has 0 bridgehead atoms. The Hall–Kier alpha value is -2.71. The first kappa shape index (κ1) is 14.7. The van der Waals surface area contributed by atoms with E-state index in [9.17, 15) is 25.4 Å². The largest absolute Gasteiger partial charge is 0.366 e. The van der Waals surface area contributed by atoms with Gasteiger partial charge < -0.3 is 0 Å². The summed E-state index contributed by atoms with van der Waals surface area (Å²) in [5.74, 6) is 0. The molecule has 108 valence electrons. The maximum Gasteiger partial charge on any atom is 0.366 e. The van der Waals surface area contributed by atoms with Crippen LogP contribution in [0.1, 0.15) is 0 Å².